The van der Waals surface area contributed by atoms with Gasteiger partial charge in [-0.25, -0.2) is 29.9 Å². The van der Waals surface area contributed by atoms with Crippen LogP contribution in [0, 0.1) is 0 Å². The molecule has 0 fully saturated rings. The zero-order valence-electron chi connectivity index (χ0n) is 80.0. The molecule has 0 saturated carbocycles. The lowest BCUT2D eigenvalue weighted by Crippen LogP contribution is -2.06. The van der Waals surface area contributed by atoms with Crippen molar-refractivity contribution in [2.45, 2.75) is 0 Å². The van der Waals surface area contributed by atoms with Gasteiger partial charge in [0.2, 0.25) is 11.9 Å². The van der Waals surface area contributed by atoms with Crippen molar-refractivity contribution in [1.29, 1.82) is 0 Å². The van der Waals surface area contributed by atoms with Crippen LogP contribution in [0.4, 0.5) is 0 Å². The first-order valence-corrected chi connectivity index (χ1v) is 50.4. The van der Waals surface area contributed by atoms with Gasteiger partial charge in [-0.15, -0.1) is 0 Å². The Balaban J connectivity index is 0.000000101. The first kappa shape index (κ1) is 83.2. The van der Waals surface area contributed by atoms with Crippen molar-refractivity contribution in [1.82, 2.24) is 71.3 Å². The summed E-state index contributed by atoms with van der Waals surface area (Å²) in [5, 5.41) is 19.2. The van der Waals surface area contributed by atoms with E-state index >= 15 is 0 Å². The van der Waals surface area contributed by atoms with Gasteiger partial charge >= 0.3 is 0 Å². The zero-order chi connectivity index (χ0) is 97.6. The SMILES string of the molecule is c1ccc(-c2cc(-c3ccccc3)nc(-n3c4cccc5c6ccccc6n6c(-c7ccccc7)nc7ccc3c(c54)c76)n2)cc1.c1ccc(-c2nc(-c3ccccc3)nc(-n3c4cccc5c6ccccc6n6c(-c7cccc8ccccc78)nc7ccc3c(c54)c76)n2)cc1.c1ccc(-c2nc3ccc4c5c6c(cccc6n4-c4ccc(-c6ccc(-n7c8ccccc8c8ccccc87)cc6)cc4)c4ccccc4n2c35)cc1. The molecule has 0 saturated heterocycles. The van der Waals surface area contributed by atoms with Crippen molar-refractivity contribution in [2.24, 2.45) is 0 Å². The average molecular weight is 1900 g/mol. The molecule has 21 aromatic carbocycles. The fourth-order valence-corrected chi connectivity index (χ4v) is 23.8. The monoisotopic (exact) mass is 1900 g/mol. The van der Waals surface area contributed by atoms with Gasteiger partial charge in [-0.05, 0) is 153 Å². The number of nitrogens with zero attached hydrogens (tertiary/aromatic N) is 15. The third-order valence-corrected chi connectivity index (χ3v) is 30.2. The Hall–Kier alpha value is -20.4. The van der Waals surface area contributed by atoms with Crippen molar-refractivity contribution in [3.05, 3.63) is 491 Å². The van der Waals surface area contributed by atoms with Crippen LogP contribution in [0.1, 0.15) is 0 Å². The maximum absolute atomic E-state index is 5.39. The maximum Gasteiger partial charge on any atom is 0.238 e. The van der Waals surface area contributed by atoms with E-state index in [2.05, 4.69) is 444 Å². The van der Waals surface area contributed by atoms with Gasteiger partial charge in [0.1, 0.15) is 17.5 Å². The van der Waals surface area contributed by atoms with Gasteiger partial charge in [-0.1, -0.05) is 376 Å². The van der Waals surface area contributed by atoms with Crippen LogP contribution in [0.2, 0.25) is 0 Å². The van der Waals surface area contributed by atoms with E-state index in [9.17, 15) is 0 Å². The van der Waals surface area contributed by atoms with E-state index in [0.29, 0.717) is 23.5 Å². The molecule has 0 radical (unpaired) electrons. The van der Waals surface area contributed by atoms with Gasteiger partial charge in [0.05, 0.1) is 105 Å². The molecule has 12 heterocycles. The van der Waals surface area contributed by atoms with Crippen molar-refractivity contribution in [2.75, 3.05) is 0 Å². The summed E-state index contributed by atoms with van der Waals surface area (Å²) >= 11 is 0. The first-order valence-electron chi connectivity index (χ1n) is 50.4. The van der Waals surface area contributed by atoms with Crippen molar-refractivity contribution >= 4 is 180 Å². The van der Waals surface area contributed by atoms with Crippen LogP contribution >= 0.6 is 0 Å². The molecule has 12 aromatic heterocycles. The highest BCUT2D eigenvalue weighted by molar-refractivity contribution is 6.33. The second kappa shape index (κ2) is 33.1. The molecule has 149 heavy (non-hydrogen) atoms. The Morgan fingerprint density at radius 1 is 0.154 bits per heavy atom. The molecule has 0 bridgehead atoms. The quantitative estimate of drug-likeness (QED) is 0.118. The largest absolute Gasteiger partial charge is 0.309 e. The molecule has 0 atom stereocenters. The average Bonchev–Trinajstić information content (AvgIpc) is 1.53. The molecule has 0 aliphatic carbocycles. The number of benzene rings is 21. The Bertz CT molecular complexity index is 11000. The lowest BCUT2D eigenvalue weighted by Gasteiger charge is -2.12. The molecular formula is C134H81N15. The van der Waals surface area contributed by atoms with Crippen LogP contribution in [-0.4, -0.2) is 71.3 Å². The normalized spacial score (nSPS) is 12.0. The van der Waals surface area contributed by atoms with Crippen LogP contribution < -0.4 is 0 Å². The van der Waals surface area contributed by atoms with E-state index in [1.807, 2.05) is 78.9 Å². The van der Waals surface area contributed by atoms with Gasteiger partial charge in [-0.2, -0.15) is 9.97 Å². The molecular weight excluding hydrogens is 1820 g/mol. The van der Waals surface area contributed by atoms with E-state index < -0.39 is 0 Å². The fraction of sp³-hybridized carbons (Fsp3) is 0. The lowest BCUT2D eigenvalue weighted by atomic mass is 10.0. The summed E-state index contributed by atoms with van der Waals surface area (Å²) in [5.41, 5.74) is 32.3. The summed E-state index contributed by atoms with van der Waals surface area (Å²) in [6, 6.07) is 174. The zero-order valence-corrected chi connectivity index (χ0v) is 80.0. The smallest absolute Gasteiger partial charge is 0.238 e. The maximum atomic E-state index is 5.39. The molecule has 33 aromatic rings. The minimum absolute atomic E-state index is 0.573. The predicted octanol–water partition coefficient (Wildman–Crippen LogP) is 33.1. The van der Waals surface area contributed by atoms with Gasteiger partial charge in [0.25, 0.3) is 0 Å². The van der Waals surface area contributed by atoms with E-state index in [0.717, 1.165) is 172 Å². The number of rotatable bonds is 12. The lowest BCUT2D eigenvalue weighted by molar-refractivity contribution is 0.953. The van der Waals surface area contributed by atoms with Crippen molar-refractivity contribution < 1.29 is 0 Å². The summed E-state index contributed by atoms with van der Waals surface area (Å²) in [6.45, 7) is 0. The second-order valence-corrected chi connectivity index (χ2v) is 38.4. The Kier molecular flexibility index (Phi) is 18.5. The van der Waals surface area contributed by atoms with Crippen LogP contribution in [0.5, 0.6) is 0 Å². The van der Waals surface area contributed by atoms with Crippen LogP contribution in [0.3, 0.4) is 0 Å². The van der Waals surface area contributed by atoms with E-state index in [-0.39, 0.29) is 0 Å². The first-order chi connectivity index (χ1) is 74.0. The Labute approximate surface area is 850 Å². The van der Waals surface area contributed by atoms with Crippen molar-refractivity contribution in [3.8, 4) is 114 Å². The number of hydrogen-bond donors (Lipinski definition) is 0. The minimum Gasteiger partial charge on any atom is -0.309 e. The molecule has 15 nitrogen and oxygen atoms in total. The third-order valence-electron chi connectivity index (χ3n) is 30.2. The van der Waals surface area contributed by atoms with E-state index in [1.165, 1.54) is 97.8 Å². The van der Waals surface area contributed by atoms with Gasteiger partial charge in [-0.3, -0.25) is 22.3 Å². The van der Waals surface area contributed by atoms with Gasteiger partial charge < -0.3 is 9.13 Å². The van der Waals surface area contributed by atoms with Crippen LogP contribution in [-0.2, 0) is 0 Å². The molecule has 0 N–H and O–H groups in total. The summed E-state index contributed by atoms with van der Waals surface area (Å²) in [4.78, 5) is 41.7. The fourth-order valence-electron chi connectivity index (χ4n) is 23.8. The molecule has 0 amide bonds. The third kappa shape index (κ3) is 12.8. The number of hydrogen-bond acceptors (Lipinski definition) is 8. The highest BCUT2D eigenvalue weighted by Crippen LogP contribution is 2.50. The highest BCUT2D eigenvalue weighted by atomic mass is 15.2. The summed E-state index contributed by atoms with van der Waals surface area (Å²) < 4.78 is 16.3. The second-order valence-electron chi connectivity index (χ2n) is 38.4. The van der Waals surface area contributed by atoms with Crippen LogP contribution in [0.15, 0.2) is 491 Å². The standard InChI is InChI=1S/C49H30N4.C44H26N6.C41H25N5/c1-2-11-33(12-3-1)49-50-40-29-30-45-47-46-39(38-15-6-9-19-43(38)53(49)48(40)47)16-10-20-44(46)52(45)35-27-23-32(24-28-35)31-21-25-34(26-22-31)51-41-17-7-4-13-36(41)37-14-5-8-18-42(37)51;1-3-14-28(15-4-1)41-46-42(29-16-5-2-6-17-29)48-44(47-41)49-36-24-12-21-32-31-20-9-10-23-35(31)50-40-34(25-26-37(49)39(40)38(32)36)45-43(50)33-22-11-18-27-13-7-8-19-30(27)33;1-4-13-26(14-5-1)32-25-33(27-15-6-2-7-16-27)44-41(43-32)45-35-22-12-20-30-29-19-10-11-21-34(29)46-39-31(23-24-36(45)38(39)37(30)35)42-40(46)28-17-8-3-9-18-28/h1-30H;1-26H;1-25H. The number of para-hydroxylation sites is 5. The molecule has 692 valence electrons. The summed E-state index contributed by atoms with van der Waals surface area (Å²) in [5.74, 6) is 5.28. The Morgan fingerprint density at radius 3 is 0.846 bits per heavy atom. The Morgan fingerprint density at radius 2 is 0.436 bits per heavy atom. The number of imidazole rings is 3. The van der Waals surface area contributed by atoms with E-state index in [1.54, 1.807) is 0 Å². The molecule has 33 rings (SSSR count). The van der Waals surface area contributed by atoms with Gasteiger partial charge in [0.15, 0.2) is 11.6 Å². The molecule has 0 aliphatic heterocycles. The molecule has 15 heteroatoms. The topological polar surface area (TPSA) is 136 Å². The predicted molar refractivity (Wildman–Crippen MR) is 611 cm³/mol. The number of aromatic nitrogens is 15. The van der Waals surface area contributed by atoms with E-state index in [4.69, 9.17) is 39.9 Å². The molecule has 0 aliphatic rings. The van der Waals surface area contributed by atoms with Crippen molar-refractivity contribution in [3.63, 3.8) is 0 Å². The minimum atomic E-state index is 0.573. The number of fused-ring (bicyclic) bond motifs is 13. The van der Waals surface area contributed by atoms with Gasteiger partial charge in [0, 0.05) is 110 Å². The highest BCUT2D eigenvalue weighted by Gasteiger charge is 2.31. The summed E-state index contributed by atoms with van der Waals surface area (Å²) in [6.07, 6.45) is 0. The molecule has 0 spiro atoms. The molecule has 0 unspecified atom stereocenters. The summed E-state index contributed by atoms with van der Waals surface area (Å²) in [7, 11) is 0. The van der Waals surface area contributed by atoms with Crippen LogP contribution in [0.25, 0.3) is 294 Å².